The van der Waals surface area contributed by atoms with Gasteiger partial charge in [-0.3, -0.25) is 0 Å². The summed E-state index contributed by atoms with van der Waals surface area (Å²) in [6, 6.07) is 44.9. The first-order valence-corrected chi connectivity index (χ1v) is 16.1. The summed E-state index contributed by atoms with van der Waals surface area (Å²) < 4.78 is 1.85. The zero-order valence-electron chi connectivity index (χ0n) is 23.8. The van der Waals surface area contributed by atoms with Gasteiger partial charge in [0.2, 0.25) is 0 Å². The maximum absolute atomic E-state index is 13.5. The topological polar surface area (TPSA) is 20.2 Å². The van der Waals surface area contributed by atoms with Crippen molar-refractivity contribution in [2.45, 2.75) is 24.9 Å². The highest BCUT2D eigenvalue weighted by molar-refractivity contribution is 9.10. The lowest BCUT2D eigenvalue weighted by atomic mass is 9.74. The van der Waals surface area contributed by atoms with E-state index < -0.39 is 5.60 Å². The normalized spacial score (nSPS) is 15.0. The Bertz CT molecular complexity index is 2030. The van der Waals surface area contributed by atoms with Crippen LogP contribution in [0, 0.1) is 0 Å². The quantitative estimate of drug-likeness (QED) is 0.193. The monoisotopic (exact) mass is 682 g/mol. The summed E-state index contributed by atoms with van der Waals surface area (Å²) in [6.07, 6.45) is 0. The number of benzene rings is 6. The molecule has 0 spiro atoms. The van der Waals surface area contributed by atoms with Crippen LogP contribution in [0.1, 0.15) is 41.7 Å². The zero-order chi connectivity index (χ0) is 29.5. The van der Waals surface area contributed by atoms with Gasteiger partial charge in [-0.2, -0.15) is 0 Å². The Labute approximate surface area is 269 Å². The summed E-state index contributed by atoms with van der Waals surface area (Å²) in [7, 11) is 0. The summed E-state index contributed by atoms with van der Waals surface area (Å²) in [5.74, 6) is 0. The van der Waals surface area contributed by atoms with Crippen LogP contribution >= 0.6 is 31.9 Å². The van der Waals surface area contributed by atoms with Crippen molar-refractivity contribution in [1.29, 1.82) is 0 Å². The van der Waals surface area contributed by atoms with Crippen LogP contribution in [0.5, 0.6) is 0 Å². The standard InChI is InChI=1S/C40H28Br2O/c1-39(2)34-13-7-6-12-30(34)33-18-15-24(21-36(33)39)27-9-5-8-14-35(27)40(43)37-22-25(41)16-19-31(37)28-10-3-4-11-29(28)32-20-17-26(42)23-38(32)40/h3-23,43H,1-2H3. The summed E-state index contributed by atoms with van der Waals surface area (Å²) >= 11 is 7.48. The molecule has 2 aliphatic rings. The molecule has 0 bridgehead atoms. The highest BCUT2D eigenvalue weighted by Crippen LogP contribution is 2.54. The van der Waals surface area contributed by atoms with Gasteiger partial charge in [0.1, 0.15) is 5.60 Å². The van der Waals surface area contributed by atoms with Crippen LogP contribution in [0.3, 0.4) is 0 Å². The Kier molecular flexibility index (Phi) is 6.01. The number of fused-ring (bicyclic) bond motifs is 8. The number of aliphatic hydroxyl groups is 1. The van der Waals surface area contributed by atoms with Gasteiger partial charge in [-0.25, -0.2) is 0 Å². The molecule has 3 heteroatoms. The van der Waals surface area contributed by atoms with Crippen molar-refractivity contribution in [3.05, 3.63) is 164 Å². The first kappa shape index (κ1) is 26.8. The average molecular weight is 684 g/mol. The lowest BCUT2D eigenvalue weighted by Gasteiger charge is -2.34. The Balaban J connectivity index is 1.43. The number of rotatable bonds is 2. The van der Waals surface area contributed by atoms with Gasteiger partial charge < -0.3 is 5.11 Å². The fourth-order valence-corrected chi connectivity index (χ4v) is 8.13. The van der Waals surface area contributed by atoms with Crippen LogP contribution < -0.4 is 0 Å². The second-order valence-corrected chi connectivity index (χ2v) is 13.9. The van der Waals surface area contributed by atoms with Crippen LogP contribution in [-0.2, 0) is 11.0 Å². The van der Waals surface area contributed by atoms with Crippen molar-refractivity contribution < 1.29 is 5.11 Å². The third-order valence-electron chi connectivity index (χ3n) is 9.46. The molecule has 6 aromatic rings. The van der Waals surface area contributed by atoms with E-state index in [0.29, 0.717) is 0 Å². The van der Waals surface area contributed by atoms with Gasteiger partial charge in [0, 0.05) is 31.1 Å². The molecule has 6 aromatic carbocycles. The number of hydrogen-bond donors (Lipinski definition) is 1. The molecule has 0 unspecified atom stereocenters. The third kappa shape index (κ3) is 3.85. The van der Waals surface area contributed by atoms with E-state index in [1.54, 1.807) is 0 Å². The second kappa shape index (κ2) is 9.62. The van der Waals surface area contributed by atoms with Crippen molar-refractivity contribution in [2.24, 2.45) is 0 Å². The lowest BCUT2D eigenvalue weighted by Crippen LogP contribution is -2.30. The van der Waals surface area contributed by atoms with Gasteiger partial charge >= 0.3 is 0 Å². The predicted molar refractivity (Wildman–Crippen MR) is 184 cm³/mol. The average Bonchev–Trinajstić information content (AvgIpc) is 3.21. The molecule has 0 saturated heterocycles. The molecule has 0 aromatic heterocycles. The molecule has 0 atom stereocenters. The largest absolute Gasteiger partial charge is 0.376 e. The molecule has 0 heterocycles. The maximum Gasteiger partial charge on any atom is 0.142 e. The zero-order valence-corrected chi connectivity index (χ0v) is 27.0. The van der Waals surface area contributed by atoms with Crippen molar-refractivity contribution in [2.75, 3.05) is 0 Å². The van der Waals surface area contributed by atoms with Crippen LogP contribution in [0.4, 0.5) is 0 Å². The van der Waals surface area contributed by atoms with Gasteiger partial charge in [0.15, 0.2) is 0 Å². The van der Waals surface area contributed by atoms with Crippen molar-refractivity contribution in [3.63, 3.8) is 0 Å². The minimum Gasteiger partial charge on any atom is -0.376 e. The maximum atomic E-state index is 13.5. The molecule has 0 fully saturated rings. The summed E-state index contributed by atoms with van der Waals surface area (Å²) in [5, 5.41) is 13.5. The molecular weight excluding hydrogens is 656 g/mol. The van der Waals surface area contributed by atoms with Gasteiger partial charge in [-0.05, 0) is 86.0 Å². The highest BCUT2D eigenvalue weighted by atomic mass is 79.9. The molecule has 0 aliphatic heterocycles. The van der Waals surface area contributed by atoms with E-state index in [1.807, 2.05) is 6.07 Å². The van der Waals surface area contributed by atoms with Crippen LogP contribution in [0.2, 0.25) is 0 Å². The molecule has 43 heavy (non-hydrogen) atoms. The smallest absolute Gasteiger partial charge is 0.142 e. The first-order chi connectivity index (χ1) is 20.8. The van der Waals surface area contributed by atoms with Crippen molar-refractivity contribution >= 4 is 31.9 Å². The van der Waals surface area contributed by atoms with E-state index in [0.717, 1.165) is 59.0 Å². The molecule has 2 aliphatic carbocycles. The van der Waals surface area contributed by atoms with E-state index in [4.69, 9.17) is 0 Å². The van der Waals surface area contributed by atoms with Crippen LogP contribution in [0.15, 0.2) is 136 Å². The van der Waals surface area contributed by atoms with Crippen LogP contribution in [0.25, 0.3) is 44.5 Å². The number of hydrogen-bond acceptors (Lipinski definition) is 1. The number of halogens is 2. The summed E-state index contributed by atoms with van der Waals surface area (Å²) in [4.78, 5) is 0. The fourth-order valence-electron chi connectivity index (χ4n) is 7.41. The van der Waals surface area contributed by atoms with Gasteiger partial charge in [0.25, 0.3) is 0 Å². The predicted octanol–water partition coefficient (Wildman–Crippen LogP) is 11.1. The minimum absolute atomic E-state index is 0.118. The van der Waals surface area contributed by atoms with E-state index in [9.17, 15) is 5.11 Å². The highest BCUT2D eigenvalue weighted by Gasteiger charge is 2.43. The molecule has 1 nitrogen and oxygen atoms in total. The molecule has 1 N–H and O–H groups in total. The molecular formula is C40H28Br2O. The van der Waals surface area contributed by atoms with E-state index in [2.05, 4.69) is 167 Å². The van der Waals surface area contributed by atoms with Crippen molar-refractivity contribution in [3.8, 4) is 44.5 Å². The summed E-state index contributed by atoms with van der Waals surface area (Å²) in [5.41, 5.74) is 12.6. The van der Waals surface area contributed by atoms with E-state index in [1.165, 1.54) is 22.3 Å². The van der Waals surface area contributed by atoms with E-state index >= 15 is 0 Å². The Hall–Kier alpha value is -3.76. The van der Waals surface area contributed by atoms with Gasteiger partial charge in [-0.1, -0.05) is 143 Å². The van der Waals surface area contributed by atoms with Gasteiger partial charge in [0.05, 0.1) is 0 Å². The molecule has 0 saturated carbocycles. The molecule has 8 rings (SSSR count). The van der Waals surface area contributed by atoms with Crippen LogP contribution in [-0.4, -0.2) is 5.11 Å². The first-order valence-electron chi connectivity index (χ1n) is 14.5. The fraction of sp³-hybridized carbons (Fsp3) is 0.100. The SMILES string of the molecule is CC1(C)c2ccccc2-c2ccc(-c3ccccc3C3(O)c4cc(Br)ccc4-c4ccccc4-c4ccc(Br)cc43)cc21. The Morgan fingerprint density at radius 3 is 1.47 bits per heavy atom. The third-order valence-corrected chi connectivity index (χ3v) is 10.4. The summed E-state index contributed by atoms with van der Waals surface area (Å²) in [6.45, 7) is 4.62. The van der Waals surface area contributed by atoms with E-state index in [-0.39, 0.29) is 5.41 Å². The Morgan fingerprint density at radius 1 is 0.419 bits per heavy atom. The molecule has 0 amide bonds. The minimum atomic E-state index is -1.44. The molecule has 208 valence electrons. The van der Waals surface area contributed by atoms with Crippen molar-refractivity contribution in [1.82, 2.24) is 0 Å². The Morgan fingerprint density at radius 2 is 0.860 bits per heavy atom. The second-order valence-electron chi connectivity index (χ2n) is 12.1. The lowest BCUT2D eigenvalue weighted by molar-refractivity contribution is 0.127. The molecule has 0 radical (unpaired) electrons. The van der Waals surface area contributed by atoms with Gasteiger partial charge in [-0.15, -0.1) is 0 Å².